The lowest BCUT2D eigenvalue weighted by Crippen LogP contribution is -2.25. The van der Waals surface area contributed by atoms with Crippen molar-refractivity contribution in [1.82, 2.24) is 15.1 Å². The van der Waals surface area contributed by atoms with E-state index in [4.69, 9.17) is 0 Å². The normalized spacial score (nSPS) is 14.9. The molecule has 0 bridgehead atoms. The lowest BCUT2D eigenvalue weighted by Gasteiger charge is -2.22. The van der Waals surface area contributed by atoms with Crippen LogP contribution in [0.15, 0.2) is 10.7 Å². The molecule has 0 aliphatic carbocycles. The lowest BCUT2D eigenvalue weighted by molar-refractivity contribution is 0.422. The number of nitrogens with zero attached hydrogens (tertiary/aromatic N) is 2. The van der Waals surface area contributed by atoms with Crippen molar-refractivity contribution in [2.45, 2.75) is 46.6 Å². The number of hydrogen-bond acceptors (Lipinski definition) is 2. The first kappa shape index (κ1) is 14.7. The predicted octanol–water partition coefficient (Wildman–Crippen LogP) is 3.40. The highest BCUT2D eigenvalue weighted by Gasteiger charge is 2.20. The first-order valence-electron chi connectivity index (χ1n) is 6.53. The smallest absolute Gasteiger partial charge is 0.0635 e. The van der Waals surface area contributed by atoms with Crippen LogP contribution in [0.4, 0.5) is 0 Å². The Labute approximate surface area is 113 Å². The summed E-state index contributed by atoms with van der Waals surface area (Å²) in [5, 5.41) is 7.86. The van der Waals surface area contributed by atoms with Gasteiger partial charge in [0.05, 0.1) is 16.4 Å². The summed E-state index contributed by atoms with van der Waals surface area (Å²) in [6.07, 6.45) is 3.04. The van der Waals surface area contributed by atoms with Gasteiger partial charge < -0.3 is 5.32 Å². The van der Waals surface area contributed by atoms with Crippen LogP contribution < -0.4 is 5.32 Å². The van der Waals surface area contributed by atoms with E-state index in [0.29, 0.717) is 11.8 Å². The van der Waals surface area contributed by atoms with Gasteiger partial charge in [0.15, 0.2) is 0 Å². The van der Waals surface area contributed by atoms with Crippen molar-refractivity contribution < 1.29 is 0 Å². The maximum absolute atomic E-state index is 4.44. The van der Waals surface area contributed by atoms with Crippen molar-refractivity contribution in [2.24, 2.45) is 5.92 Å². The Hall–Kier alpha value is -0.350. The molecule has 17 heavy (non-hydrogen) atoms. The highest BCUT2D eigenvalue weighted by Crippen LogP contribution is 2.30. The molecule has 0 aliphatic rings. The Morgan fingerprint density at radius 1 is 1.41 bits per heavy atom. The van der Waals surface area contributed by atoms with Crippen LogP contribution in [0.1, 0.15) is 45.7 Å². The van der Waals surface area contributed by atoms with E-state index in [9.17, 15) is 0 Å². The number of aromatic nitrogens is 2. The molecule has 1 N–H and O–H groups in total. The molecule has 2 unspecified atom stereocenters. The van der Waals surface area contributed by atoms with E-state index >= 15 is 0 Å². The van der Waals surface area contributed by atoms with E-state index in [2.05, 4.69) is 58.7 Å². The predicted molar refractivity (Wildman–Crippen MR) is 76.3 cm³/mol. The van der Waals surface area contributed by atoms with Gasteiger partial charge in [-0.1, -0.05) is 27.7 Å². The Balaban J connectivity index is 2.78. The first-order valence-corrected chi connectivity index (χ1v) is 7.32. The van der Waals surface area contributed by atoms with Crippen LogP contribution in [0, 0.1) is 5.92 Å². The van der Waals surface area contributed by atoms with Gasteiger partial charge in [-0.05, 0) is 41.4 Å². The van der Waals surface area contributed by atoms with Crippen molar-refractivity contribution in [1.29, 1.82) is 0 Å². The molecule has 0 amide bonds. The molecular formula is C13H24BrN3. The fraction of sp³-hybridized carbons (Fsp3) is 0.769. The number of rotatable bonds is 7. The molecule has 98 valence electrons. The molecule has 3 nitrogen and oxygen atoms in total. The SMILES string of the molecule is CCCn1ncc(Br)c1C(C)C(C)CNCC. The molecule has 1 rings (SSSR count). The number of aryl methyl sites for hydroxylation is 1. The van der Waals surface area contributed by atoms with E-state index in [1.54, 1.807) is 0 Å². The number of hydrogen-bond donors (Lipinski definition) is 1. The summed E-state index contributed by atoms with van der Waals surface area (Å²) >= 11 is 3.62. The maximum Gasteiger partial charge on any atom is 0.0635 e. The van der Waals surface area contributed by atoms with Gasteiger partial charge in [-0.2, -0.15) is 5.10 Å². The lowest BCUT2D eigenvalue weighted by atomic mass is 9.92. The second-order valence-electron chi connectivity index (χ2n) is 4.67. The Morgan fingerprint density at radius 2 is 2.12 bits per heavy atom. The second-order valence-corrected chi connectivity index (χ2v) is 5.53. The van der Waals surface area contributed by atoms with Crippen LogP contribution in [0.3, 0.4) is 0 Å². The zero-order chi connectivity index (χ0) is 12.8. The van der Waals surface area contributed by atoms with Gasteiger partial charge in [0.1, 0.15) is 0 Å². The highest BCUT2D eigenvalue weighted by molar-refractivity contribution is 9.10. The topological polar surface area (TPSA) is 29.9 Å². The fourth-order valence-electron chi connectivity index (χ4n) is 2.03. The van der Waals surface area contributed by atoms with Gasteiger partial charge in [-0.25, -0.2) is 0 Å². The number of halogens is 1. The molecule has 0 saturated carbocycles. The molecule has 0 saturated heterocycles. The van der Waals surface area contributed by atoms with Gasteiger partial charge in [-0.15, -0.1) is 0 Å². The third-order valence-corrected chi connectivity index (χ3v) is 3.88. The molecule has 0 aromatic carbocycles. The Morgan fingerprint density at radius 3 is 2.71 bits per heavy atom. The monoisotopic (exact) mass is 301 g/mol. The summed E-state index contributed by atoms with van der Waals surface area (Å²) < 4.78 is 3.28. The Kier molecular flexibility index (Phi) is 6.20. The Bertz CT molecular complexity index is 335. The van der Waals surface area contributed by atoms with E-state index in [-0.39, 0.29) is 0 Å². The van der Waals surface area contributed by atoms with Gasteiger partial charge >= 0.3 is 0 Å². The number of nitrogens with one attached hydrogen (secondary N) is 1. The van der Waals surface area contributed by atoms with Crippen molar-refractivity contribution in [3.8, 4) is 0 Å². The maximum atomic E-state index is 4.44. The van der Waals surface area contributed by atoms with E-state index in [1.807, 2.05) is 6.20 Å². The van der Waals surface area contributed by atoms with Crippen molar-refractivity contribution >= 4 is 15.9 Å². The van der Waals surface area contributed by atoms with Crippen LogP contribution in [-0.4, -0.2) is 22.9 Å². The van der Waals surface area contributed by atoms with Crippen LogP contribution in [0.2, 0.25) is 0 Å². The molecule has 1 aromatic rings. The fourth-order valence-corrected chi connectivity index (χ4v) is 2.69. The minimum absolute atomic E-state index is 0.512. The van der Waals surface area contributed by atoms with Crippen LogP contribution in [-0.2, 0) is 6.54 Å². The van der Waals surface area contributed by atoms with Gasteiger partial charge in [0.25, 0.3) is 0 Å². The average Bonchev–Trinajstić information content (AvgIpc) is 2.67. The van der Waals surface area contributed by atoms with Crippen LogP contribution >= 0.6 is 15.9 Å². The summed E-state index contributed by atoms with van der Waals surface area (Å²) in [5.74, 6) is 1.12. The van der Waals surface area contributed by atoms with E-state index < -0.39 is 0 Å². The van der Waals surface area contributed by atoms with Crippen LogP contribution in [0.5, 0.6) is 0 Å². The summed E-state index contributed by atoms with van der Waals surface area (Å²) in [7, 11) is 0. The molecule has 2 atom stereocenters. The molecular weight excluding hydrogens is 278 g/mol. The summed E-state index contributed by atoms with van der Waals surface area (Å²) in [5.41, 5.74) is 1.33. The minimum Gasteiger partial charge on any atom is -0.317 e. The van der Waals surface area contributed by atoms with Crippen molar-refractivity contribution in [3.63, 3.8) is 0 Å². The second kappa shape index (κ2) is 7.17. The van der Waals surface area contributed by atoms with Gasteiger partial charge in [0, 0.05) is 12.5 Å². The molecule has 0 fully saturated rings. The van der Waals surface area contributed by atoms with E-state index in [0.717, 1.165) is 30.5 Å². The summed E-state index contributed by atoms with van der Waals surface area (Å²) in [6, 6.07) is 0. The quantitative estimate of drug-likeness (QED) is 0.836. The zero-order valence-electron chi connectivity index (χ0n) is 11.3. The summed E-state index contributed by atoms with van der Waals surface area (Å²) in [6.45, 7) is 12.0. The standard InChI is InChI=1S/C13H24BrN3/c1-5-7-17-13(12(14)9-16-17)11(4)10(3)8-15-6-2/h9-11,15H,5-8H2,1-4H3. The molecule has 0 radical (unpaired) electrons. The minimum atomic E-state index is 0.512. The van der Waals surface area contributed by atoms with Crippen molar-refractivity contribution in [3.05, 3.63) is 16.4 Å². The first-order chi connectivity index (χ1) is 8.11. The summed E-state index contributed by atoms with van der Waals surface area (Å²) in [4.78, 5) is 0. The highest BCUT2D eigenvalue weighted by atomic mass is 79.9. The largest absolute Gasteiger partial charge is 0.317 e. The molecule has 4 heteroatoms. The molecule has 0 spiro atoms. The van der Waals surface area contributed by atoms with Gasteiger partial charge in [-0.3, -0.25) is 4.68 Å². The average molecular weight is 302 g/mol. The molecule has 1 aromatic heterocycles. The van der Waals surface area contributed by atoms with Crippen molar-refractivity contribution in [2.75, 3.05) is 13.1 Å². The van der Waals surface area contributed by atoms with E-state index in [1.165, 1.54) is 5.69 Å². The van der Waals surface area contributed by atoms with Crippen LogP contribution in [0.25, 0.3) is 0 Å². The van der Waals surface area contributed by atoms with Gasteiger partial charge in [0.2, 0.25) is 0 Å². The third-order valence-electron chi connectivity index (χ3n) is 3.27. The molecule has 1 heterocycles. The molecule has 0 aliphatic heterocycles. The zero-order valence-corrected chi connectivity index (χ0v) is 12.9. The third kappa shape index (κ3) is 3.81.